The molecule has 0 spiro atoms. The number of rotatable bonds is 9. The molecule has 0 saturated heterocycles. The van der Waals surface area contributed by atoms with Crippen LogP contribution in [0.2, 0.25) is 5.02 Å². The summed E-state index contributed by atoms with van der Waals surface area (Å²) in [5.74, 6) is 0.856. The maximum absolute atomic E-state index is 8.16. The van der Waals surface area contributed by atoms with Gasteiger partial charge in [-0.1, -0.05) is 176 Å². The average molecular weight is 902 g/mol. The molecule has 0 unspecified atom stereocenters. The third-order valence-electron chi connectivity index (χ3n) is 12.0. The zero-order chi connectivity index (χ0) is 47.3. The van der Waals surface area contributed by atoms with Gasteiger partial charge in [0, 0.05) is 44.9 Å². The zero-order valence-electron chi connectivity index (χ0n) is 41.4. The van der Waals surface area contributed by atoms with Crippen LogP contribution < -0.4 is 14.7 Å². The van der Waals surface area contributed by atoms with Gasteiger partial charge < -0.3 is 9.80 Å². The topological polar surface area (TPSA) is 22.6 Å². The Bertz CT molecular complexity index is 2660. The van der Waals surface area contributed by atoms with Crippen LogP contribution in [0.1, 0.15) is 131 Å². The van der Waals surface area contributed by atoms with Crippen LogP contribution in [0.5, 0.6) is 0 Å². The van der Waals surface area contributed by atoms with Gasteiger partial charge in [0.15, 0.2) is 0 Å². The Morgan fingerprint density at radius 1 is 0.369 bits per heavy atom. The van der Waals surface area contributed by atoms with Crippen molar-refractivity contribution in [2.24, 2.45) is 0 Å². The van der Waals surface area contributed by atoms with Crippen molar-refractivity contribution in [1.82, 2.24) is 4.98 Å². The molecule has 6 aromatic carbocycles. The molecule has 65 heavy (non-hydrogen) atoms. The summed E-state index contributed by atoms with van der Waals surface area (Å²) in [7, 11) is 0. The van der Waals surface area contributed by atoms with E-state index < -0.39 is 0 Å². The number of hydrogen-bond donors (Lipinski definition) is 0. The van der Waals surface area contributed by atoms with E-state index >= 15 is 0 Å². The first-order valence-corrected chi connectivity index (χ1v) is 24.2. The molecule has 0 radical (unpaired) electrons. The van der Waals surface area contributed by atoms with Crippen molar-refractivity contribution >= 4 is 74.3 Å². The number of anilines is 9. The Labute approximate surface area is 400 Å². The molecule has 4 nitrogen and oxygen atoms in total. The van der Waals surface area contributed by atoms with E-state index in [9.17, 15) is 0 Å². The van der Waals surface area contributed by atoms with Gasteiger partial charge in [0.25, 0.3) is 0 Å². The van der Waals surface area contributed by atoms with E-state index in [1.165, 1.54) is 16.7 Å². The number of benzene rings is 6. The Kier molecular flexibility index (Phi) is 13.0. The molecule has 7 rings (SSSR count). The molecular weight excluding hydrogens is 832 g/mol. The summed E-state index contributed by atoms with van der Waals surface area (Å²) >= 11 is 9.86. The van der Waals surface area contributed by atoms with E-state index in [4.69, 9.17) is 16.6 Å². The average Bonchev–Trinajstić information content (AvgIpc) is 3.73. The van der Waals surface area contributed by atoms with Crippen LogP contribution in [0, 0.1) is 0 Å². The first-order valence-electron chi connectivity index (χ1n) is 23.0. The van der Waals surface area contributed by atoms with Crippen LogP contribution in [-0.2, 0) is 27.1 Å². The lowest BCUT2D eigenvalue weighted by atomic mass is 9.80. The van der Waals surface area contributed by atoms with E-state index in [0.717, 1.165) is 61.9 Å². The van der Waals surface area contributed by atoms with Gasteiger partial charge in [-0.2, -0.15) is 0 Å². The molecule has 0 aliphatic rings. The molecule has 0 atom stereocenters. The van der Waals surface area contributed by atoms with Gasteiger partial charge in [-0.15, -0.1) is 11.3 Å². The molecule has 1 heterocycles. The second-order valence-electron chi connectivity index (χ2n) is 22.6. The van der Waals surface area contributed by atoms with Crippen molar-refractivity contribution in [3.05, 3.63) is 177 Å². The molecule has 0 aliphatic heterocycles. The summed E-state index contributed by atoms with van der Waals surface area (Å²) in [6.45, 7) is 34.1. The highest BCUT2D eigenvalue weighted by Crippen LogP contribution is 2.51. The lowest BCUT2D eigenvalue weighted by Gasteiger charge is -2.34. The quantitative estimate of drug-likeness (QED) is 0.144. The van der Waals surface area contributed by atoms with Crippen molar-refractivity contribution in [1.29, 1.82) is 0 Å². The Balaban J connectivity index is 1.56. The lowest BCUT2D eigenvalue weighted by Crippen LogP contribution is -2.21. The Morgan fingerprint density at radius 3 is 1.23 bits per heavy atom. The number of nitrogens with zero attached hydrogens (tertiary/aromatic N) is 4. The molecule has 0 N–H and O–H groups in total. The molecule has 0 fully saturated rings. The van der Waals surface area contributed by atoms with Crippen molar-refractivity contribution in [2.75, 3.05) is 14.7 Å². The summed E-state index contributed by atoms with van der Waals surface area (Å²) < 4.78 is 0. The minimum absolute atomic E-state index is 0.0143. The molecule has 338 valence electrons. The van der Waals surface area contributed by atoms with Crippen LogP contribution in [-0.4, -0.2) is 4.98 Å². The summed E-state index contributed by atoms with van der Waals surface area (Å²) in [5.41, 5.74) is 12.4. The van der Waals surface area contributed by atoms with Gasteiger partial charge in [-0.25, -0.2) is 4.98 Å². The van der Waals surface area contributed by atoms with Crippen LogP contribution in [0.3, 0.4) is 0 Å². The van der Waals surface area contributed by atoms with Gasteiger partial charge in [0.05, 0.1) is 16.4 Å². The fraction of sp³-hybridized carbons (Fsp3) is 0.339. The highest BCUT2D eigenvalue weighted by molar-refractivity contribution is 7.10. The predicted molar refractivity (Wildman–Crippen MR) is 285 cm³/mol. The number of hydrogen-bond acceptors (Lipinski definition) is 5. The first kappa shape index (κ1) is 47.6. The number of thiazole rings is 1. The number of halogens is 1. The van der Waals surface area contributed by atoms with Gasteiger partial charge in [-0.3, -0.25) is 4.90 Å². The van der Waals surface area contributed by atoms with Crippen molar-refractivity contribution in [3.8, 4) is 0 Å². The standard InChI is InChI=1S/C59H69ClN4S/c1-55(2,3)40-29-31-46(32-30-40)63(48-28-22-27-47(38-48)62(44-23-18-16-19-24-44)45-25-20-17-21-26-45)50-36-43(58(10,11)12)37-51(53(50)60)64(52-39-65-54(61-52)59(13,14)15)49-34-41(56(4,5)6)33-42(35-49)57(7,8)9/h16-39H,1-15H3. The van der Waals surface area contributed by atoms with Crippen LogP contribution in [0.4, 0.5) is 51.3 Å². The zero-order valence-corrected chi connectivity index (χ0v) is 43.0. The summed E-state index contributed by atoms with van der Waals surface area (Å²) in [6, 6.07) is 50.7. The summed E-state index contributed by atoms with van der Waals surface area (Å²) in [5, 5.41) is 3.91. The smallest absolute Gasteiger partial charge is 0.148 e. The second kappa shape index (κ2) is 17.8. The van der Waals surface area contributed by atoms with E-state index in [1.54, 1.807) is 11.3 Å². The minimum atomic E-state index is -0.233. The van der Waals surface area contributed by atoms with E-state index in [-0.39, 0.29) is 27.1 Å². The van der Waals surface area contributed by atoms with Gasteiger partial charge in [0.2, 0.25) is 0 Å². The highest BCUT2D eigenvalue weighted by atomic mass is 35.5. The molecule has 0 bridgehead atoms. The van der Waals surface area contributed by atoms with E-state index in [0.29, 0.717) is 5.02 Å². The maximum atomic E-state index is 8.16. The normalized spacial score (nSPS) is 12.6. The predicted octanol–water partition coefficient (Wildman–Crippen LogP) is 18.7. The van der Waals surface area contributed by atoms with Crippen molar-refractivity contribution < 1.29 is 0 Å². The Hall–Kier alpha value is -5.36. The molecule has 0 aliphatic carbocycles. The van der Waals surface area contributed by atoms with Crippen LogP contribution in [0.15, 0.2) is 145 Å². The Morgan fingerprint density at radius 2 is 0.785 bits per heavy atom. The largest absolute Gasteiger partial charge is 0.310 e. The monoisotopic (exact) mass is 900 g/mol. The first-order chi connectivity index (χ1) is 30.3. The fourth-order valence-corrected chi connectivity index (χ4v) is 9.13. The van der Waals surface area contributed by atoms with Crippen LogP contribution in [0.25, 0.3) is 0 Å². The SMILES string of the molecule is CC(C)(C)c1ccc(N(c2cccc(N(c3ccccc3)c3ccccc3)c2)c2cc(C(C)(C)C)cc(N(c3cc(C(C)(C)C)cc(C(C)(C)C)c3)c3csc(C(C)(C)C)n3)c2Cl)cc1. The second-order valence-corrected chi connectivity index (χ2v) is 23.8. The summed E-state index contributed by atoms with van der Waals surface area (Å²) in [6.07, 6.45) is 0. The lowest BCUT2D eigenvalue weighted by molar-refractivity contribution is 0.568. The van der Waals surface area contributed by atoms with Crippen LogP contribution >= 0.6 is 22.9 Å². The van der Waals surface area contributed by atoms with Crippen molar-refractivity contribution in [3.63, 3.8) is 0 Å². The highest BCUT2D eigenvalue weighted by Gasteiger charge is 2.31. The van der Waals surface area contributed by atoms with Crippen molar-refractivity contribution in [2.45, 2.75) is 131 Å². The minimum Gasteiger partial charge on any atom is -0.310 e. The van der Waals surface area contributed by atoms with Gasteiger partial charge in [-0.05, 0) is 123 Å². The van der Waals surface area contributed by atoms with E-state index in [2.05, 4.69) is 263 Å². The summed E-state index contributed by atoms with van der Waals surface area (Å²) in [4.78, 5) is 12.4. The van der Waals surface area contributed by atoms with Gasteiger partial charge >= 0.3 is 0 Å². The molecule has 1 aromatic heterocycles. The number of aromatic nitrogens is 1. The molecule has 0 amide bonds. The third kappa shape index (κ3) is 10.5. The van der Waals surface area contributed by atoms with Gasteiger partial charge in [0.1, 0.15) is 10.8 Å². The fourth-order valence-electron chi connectivity index (χ4n) is 7.98. The third-order valence-corrected chi connectivity index (χ3v) is 13.7. The van der Waals surface area contributed by atoms with E-state index in [1.807, 2.05) is 0 Å². The molecule has 0 saturated carbocycles. The molecule has 7 aromatic rings. The molecular formula is C59H69ClN4S. The molecule has 6 heteroatoms. The number of para-hydroxylation sites is 2. The maximum Gasteiger partial charge on any atom is 0.148 e.